The number of amides is 2. The van der Waals surface area contributed by atoms with Crippen molar-refractivity contribution in [2.24, 2.45) is 11.8 Å². The third-order valence-electron chi connectivity index (χ3n) is 3.07. The molecule has 1 unspecified atom stereocenters. The minimum atomic E-state index is -0.303. The van der Waals surface area contributed by atoms with Gasteiger partial charge in [0.25, 0.3) is 0 Å². The van der Waals surface area contributed by atoms with E-state index in [1.54, 1.807) is 13.0 Å². The molecule has 0 bridgehead atoms. The van der Waals surface area contributed by atoms with Crippen LogP contribution in [0.2, 0.25) is 0 Å². The minimum absolute atomic E-state index is 0.0650. The van der Waals surface area contributed by atoms with Crippen LogP contribution in [-0.4, -0.2) is 30.1 Å². The van der Waals surface area contributed by atoms with Gasteiger partial charge in [0.2, 0.25) is 11.8 Å². The van der Waals surface area contributed by atoms with Crippen molar-refractivity contribution in [3.8, 4) is 0 Å². The highest BCUT2D eigenvalue weighted by Crippen LogP contribution is 2.24. The Balaban J connectivity index is 1.97. The third kappa shape index (κ3) is 3.13. The topological polar surface area (TPSA) is 75.4 Å². The van der Waals surface area contributed by atoms with Crippen molar-refractivity contribution in [2.45, 2.75) is 27.2 Å². The zero-order valence-electron chi connectivity index (χ0n) is 11.5. The van der Waals surface area contributed by atoms with Crippen LogP contribution in [-0.2, 0) is 9.59 Å². The smallest absolute Gasteiger partial charge is 0.229 e. The standard InChI is InChI=1S/C13H19N3O3/c1-8(2)6-14-13(18)10-5-12(17)16(7-10)11-4-9(3)19-15-11/h4,8,10H,5-7H2,1-3H3,(H,14,18). The summed E-state index contributed by atoms with van der Waals surface area (Å²) >= 11 is 0. The fraction of sp³-hybridized carbons (Fsp3) is 0.615. The van der Waals surface area contributed by atoms with E-state index in [0.717, 1.165) is 0 Å². The van der Waals surface area contributed by atoms with Crippen LogP contribution in [0.3, 0.4) is 0 Å². The molecule has 1 aliphatic heterocycles. The Bertz CT molecular complexity index is 481. The van der Waals surface area contributed by atoms with Crippen molar-refractivity contribution in [1.82, 2.24) is 10.5 Å². The minimum Gasteiger partial charge on any atom is -0.360 e. The predicted octanol–water partition coefficient (Wildman–Crippen LogP) is 1.11. The number of aromatic nitrogens is 1. The summed E-state index contributed by atoms with van der Waals surface area (Å²) in [5.74, 6) is 1.08. The summed E-state index contributed by atoms with van der Waals surface area (Å²) in [5.41, 5.74) is 0. The van der Waals surface area contributed by atoms with E-state index in [-0.39, 0.29) is 24.2 Å². The number of aryl methyl sites for hydroxylation is 1. The molecular formula is C13H19N3O3. The average Bonchev–Trinajstić information content (AvgIpc) is 2.92. The normalized spacial score (nSPS) is 19.3. The lowest BCUT2D eigenvalue weighted by Gasteiger charge is -2.13. The second kappa shape index (κ2) is 5.42. The number of nitrogens with one attached hydrogen (secondary N) is 1. The average molecular weight is 265 g/mol. The Morgan fingerprint density at radius 2 is 2.37 bits per heavy atom. The first-order chi connectivity index (χ1) is 8.97. The molecule has 2 heterocycles. The maximum atomic E-state index is 11.9. The third-order valence-corrected chi connectivity index (χ3v) is 3.07. The molecule has 1 aromatic heterocycles. The molecule has 104 valence electrons. The van der Waals surface area contributed by atoms with Crippen LogP contribution < -0.4 is 10.2 Å². The molecule has 1 N–H and O–H groups in total. The van der Waals surface area contributed by atoms with E-state index in [1.807, 2.05) is 13.8 Å². The van der Waals surface area contributed by atoms with Gasteiger partial charge in [0, 0.05) is 25.6 Å². The van der Waals surface area contributed by atoms with Gasteiger partial charge in [0.05, 0.1) is 5.92 Å². The van der Waals surface area contributed by atoms with Crippen molar-refractivity contribution < 1.29 is 14.1 Å². The maximum absolute atomic E-state index is 11.9. The molecular weight excluding hydrogens is 246 g/mol. The molecule has 1 aromatic rings. The Morgan fingerprint density at radius 3 is 2.95 bits per heavy atom. The number of carbonyl (C=O) groups excluding carboxylic acids is 2. The van der Waals surface area contributed by atoms with E-state index in [9.17, 15) is 9.59 Å². The molecule has 2 rings (SSSR count). The first-order valence-electron chi connectivity index (χ1n) is 6.48. The van der Waals surface area contributed by atoms with E-state index in [4.69, 9.17) is 4.52 Å². The lowest BCUT2D eigenvalue weighted by molar-refractivity contribution is -0.126. The van der Waals surface area contributed by atoms with Gasteiger partial charge in [-0.25, -0.2) is 0 Å². The Hall–Kier alpha value is -1.85. The molecule has 0 saturated carbocycles. The van der Waals surface area contributed by atoms with E-state index >= 15 is 0 Å². The summed E-state index contributed by atoms with van der Waals surface area (Å²) in [6.07, 6.45) is 0.232. The summed E-state index contributed by atoms with van der Waals surface area (Å²) in [6.45, 7) is 6.83. The molecule has 1 atom stereocenters. The lowest BCUT2D eigenvalue weighted by Crippen LogP contribution is -2.35. The molecule has 2 amide bonds. The highest BCUT2D eigenvalue weighted by Gasteiger charge is 2.36. The van der Waals surface area contributed by atoms with Gasteiger partial charge >= 0.3 is 0 Å². The van der Waals surface area contributed by atoms with E-state index in [2.05, 4.69) is 10.5 Å². The van der Waals surface area contributed by atoms with Crippen molar-refractivity contribution in [3.05, 3.63) is 11.8 Å². The SMILES string of the molecule is Cc1cc(N2CC(C(=O)NCC(C)C)CC2=O)no1. The number of rotatable bonds is 4. The fourth-order valence-electron chi connectivity index (χ4n) is 2.03. The van der Waals surface area contributed by atoms with Crippen molar-refractivity contribution in [3.63, 3.8) is 0 Å². The monoisotopic (exact) mass is 265 g/mol. The summed E-state index contributed by atoms with van der Waals surface area (Å²) in [6, 6.07) is 1.70. The van der Waals surface area contributed by atoms with Gasteiger partial charge in [-0.3, -0.25) is 14.5 Å². The molecule has 0 aliphatic carbocycles. The largest absolute Gasteiger partial charge is 0.360 e. The quantitative estimate of drug-likeness (QED) is 0.884. The van der Waals surface area contributed by atoms with Crippen LogP contribution in [0, 0.1) is 18.8 Å². The molecule has 0 spiro atoms. The number of hydrogen-bond donors (Lipinski definition) is 1. The summed E-state index contributed by atoms with van der Waals surface area (Å²) in [5, 5.41) is 6.67. The van der Waals surface area contributed by atoms with Crippen molar-refractivity contribution >= 4 is 17.6 Å². The van der Waals surface area contributed by atoms with Crippen LogP contribution in [0.1, 0.15) is 26.0 Å². The second-order valence-corrected chi connectivity index (χ2v) is 5.34. The van der Waals surface area contributed by atoms with Crippen LogP contribution in [0.25, 0.3) is 0 Å². The van der Waals surface area contributed by atoms with Crippen molar-refractivity contribution in [2.75, 3.05) is 18.0 Å². The van der Waals surface area contributed by atoms with E-state index < -0.39 is 0 Å². The highest BCUT2D eigenvalue weighted by atomic mass is 16.5. The summed E-state index contributed by atoms with van der Waals surface area (Å²) in [7, 11) is 0. The molecule has 1 aliphatic rings. The van der Waals surface area contributed by atoms with Gasteiger partial charge in [0.15, 0.2) is 5.82 Å². The van der Waals surface area contributed by atoms with Gasteiger partial charge in [-0.05, 0) is 12.8 Å². The van der Waals surface area contributed by atoms with Gasteiger partial charge in [-0.1, -0.05) is 19.0 Å². The predicted molar refractivity (Wildman–Crippen MR) is 69.5 cm³/mol. The Kier molecular flexibility index (Phi) is 3.87. The Morgan fingerprint density at radius 1 is 1.63 bits per heavy atom. The number of hydrogen-bond acceptors (Lipinski definition) is 4. The van der Waals surface area contributed by atoms with Crippen LogP contribution in [0.5, 0.6) is 0 Å². The van der Waals surface area contributed by atoms with Gasteiger partial charge in [0.1, 0.15) is 5.76 Å². The summed E-state index contributed by atoms with van der Waals surface area (Å²) in [4.78, 5) is 25.4. The first-order valence-corrected chi connectivity index (χ1v) is 6.48. The molecule has 0 aromatic carbocycles. The molecule has 1 saturated heterocycles. The van der Waals surface area contributed by atoms with Gasteiger partial charge in [-0.2, -0.15) is 0 Å². The lowest BCUT2D eigenvalue weighted by atomic mass is 10.1. The summed E-state index contributed by atoms with van der Waals surface area (Å²) < 4.78 is 4.96. The van der Waals surface area contributed by atoms with Gasteiger partial charge in [-0.15, -0.1) is 0 Å². The molecule has 0 radical (unpaired) electrons. The van der Waals surface area contributed by atoms with Crippen LogP contribution >= 0.6 is 0 Å². The Labute approximate surface area is 112 Å². The highest BCUT2D eigenvalue weighted by molar-refractivity contribution is 5.99. The van der Waals surface area contributed by atoms with E-state index in [0.29, 0.717) is 30.6 Å². The zero-order chi connectivity index (χ0) is 14.0. The van der Waals surface area contributed by atoms with Gasteiger partial charge < -0.3 is 9.84 Å². The fourth-order valence-corrected chi connectivity index (χ4v) is 2.03. The van der Waals surface area contributed by atoms with Crippen molar-refractivity contribution in [1.29, 1.82) is 0 Å². The second-order valence-electron chi connectivity index (χ2n) is 5.34. The maximum Gasteiger partial charge on any atom is 0.229 e. The molecule has 1 fully saturated rings. The first kappa shape index (κ1) is 13.6. The van der Waals surface area contributed by atoms with E-state index in [1.165, 1.54) is 4.90 Å². The number of anilines is 1. The van der Waals surface area contributed by atoms with Crippen LogP contribution in [0.4, 0.5) is 5.82 Å². The molecule has 6 heteroatoms. The molecule has 6 nitrogen and oxygen atoms in total. The zero-order valence-corrected chi connectivity index (χ0v) is 11.5. The van der Waals surface area contributed by atoms with Crippen LogP contribution in [0.15, 0.2) is 10.6 Å². The number of carbonyl (C=O) groups is 2. The number of nitrogens with zero attached hydrogens (tertiary/aromatic N) is 2. The molecule has 19 heavy (non-hydrogen) atoms.